The van der Waals surface area contributed by atoms with E-state index in [0.29, 0.717) is 26.1 Å². The largest absolute Gasteiger partial charge is 0.465 e. The van der Waals surface area contributed by atoms with Crippen molar-refractivity contribution in [3.63, 3.8) is 0 Å². The standard InChI is InChI=1S/C19H31NO5/c1-3-4-5-6-7-8-13-24-18(22)15-16(2)19(23)25-14-12-20-11-9-10-17(20)21/h2-15H2,1H3. The number of ether oxygens (including phenoxy) is 2. The zero-order chi connectivity index (χ0) is 18.5. The monoisotopic (exact) mass is 353 g/mol. The van der Waals surface area contributed by atoms with Crippen LogP contribution in [0.3, 0.4) is 0 Å². The Balaban J connectivity index is 2.06. The molecule has 0 unspecified atom stereocenters. The van der Waals surface area contributed by atoms with Gasteiger partial charge in [-0.05, 0) is 12.8 Å². The fourth-order valence-electron chi connectivity index (χ4n) is 2.66. The minimum Gasteiger partial charge on any atom is -0.465 e. The molecule has 0 aromatic carbocycles. The molecule has 1 fully saturated rings. The predicted octanol–water partition coefficient (Wildman–Crippen LogP) is 3.00. The third kappa shape index (κ3) is 9.27. The maximum absolute atomic E-state index is 11.8. The lowest BCUT2D eigenvalue weighted by Crippen LogP contribution is -2.29. The summed E-state index contributed by atoms with van der Waals surface area (Å²) in [6.07, 6.45) is 7.98. The van der Waals surface area contributed by atoms with Gasteiger partial charge >= 0.3 is 11.9 Å². The SMILES string of the molecule is C=C(CC(=O)OCCCCCCCC)C(=O)OCCN1CCCC1=O. The van der Waals surface area contributed by atoms with Crippen LogP contribution in [0.15, 0.2) is 12.2 Å². The van der Waals surface area contributed by atoms with Crippen LogP contribution in [0, 0.1) is 0 Å². The van der Waals surface area contributed by atoms with Gasteiger partial charge in [-0.2, -0.15) is 0 Å². The van der Waals surface area contributed by atoms with E-state index in [9.17, 15) is 14.4 Å². The van der Waals surface area contributed by atoms with Crippen LogP contribution in [0.5, 0.6) is 0 Å². The van der Waals surface area contributed by atoms with Crippen LogP contribution in [-0.4, -0.2) is 49.0 Å². The summed E-state index contributed by atoms with van der Waals surface area (Å²) in [5.41, 5.74) is 0.0840. The van der Waals surface area contributed by atoms with Crippen LogP contribution in [0.1, 0.15) is 64.7 Å². The number of amides is 1. The van der Waals surface area contributed by atoms with Crippen molar-refractivity contribution < 1.29 is 23.9 Å². The van der Waals surface area contributed by atoms with E-state index in [2.05, 4.69) is 13.5 Å². The van der Waals surface area contributed by atoms with Crippen molar-refractivity contribution in [1.82, 2.24) is 4.90 Å². The molecule has 0 radical (unpaired) electrons. The molecule has 0 N–H and O–H groups in total. The summed E-state index contributed by atoms with van der Waals surface area (Å²) >= 11 is 0. The molecule has 0 aromatic heterocycles. The molecule has 6 heteroatoms. The molecule has 0 saturated carbocycles. The number of hydrogen-bond acceptors (Lipinski definition) is 5. The van der Waals surface area contributed by atoms with Gasteiger partial charge in [-0.15, -0.1) is 0 Å². The third-order valence-corrected chi connectivity index (χ3v) is 4.17. The second-order valence-corrected chi connectivity index (χ2v) is 6.39. The van der Waals surface area contributed by atoms with E-state index in [0.717, 1.165) is 25.7 Å². The molecule has 0 atom stereocenters. The van der Waals surface area contributed by atoms with Crippen molar-refractivity contribution in [2.24, 2.45) is 0 Å². The Morgan fingerprint density at radius 2 is 1.80 bits per heavy atom. The maximum Gasteiger partial charge on any atom is 0.334 e. The first-order valence-electron chi connectivity index (χ1n) is 9.33. The number of carbonyl (C=O) groups is 3. The minimum atomic E-state index is -0.608. The Labute approximate surface area is 150 Å². The highest BCUT2D eigenvalue weighted by Crippen LogP contribution is 2.10. The van der Waals surface area contributed by atoms with Gasteiger partial charge in [0.15, 0.2) is 0 Å². The van der Waals surface area contributed by atoms with Crippen LogP contribution < -0.4 is 0 Å². The lowest BCUT2D eigenvalue weighted by molar-refractivity contribution is -0.146. The summed E-state index contributed by atoms with van der Waals surface area (Å²) in [6, 6.07) is 0. The van der Waals surface area contributed by atoms with Crippen LogP contribution >= 0.6 is 0 Å². The molecule has 1 aliphatic rings. The second kappa shape index (κ2) is 12.5. The Bertz CT molecular complexity index is 461. The molecule has 1 heterocycles. The van der Waals surface area contributed by atoms with E-state index in [4.69, 9.17) is 9.47 Å². The number of nitrogens with zero attached hydrogens (tertiary/aromatic N) is 1. The topological polar surface area (TPSA) is 72.9 Å². The van der Waals surface area contributed by atoms with Gasteiger partial charge in [0.05, 0.1) is 19.6 Å². The Morgan fingerprint density at radius 3 is 2.48 bits per heavy atom. The average Bonchev–Trinajstić information content (AvgIpc) is 2.99. The predicted molar refractivity (Wildman–Crippen MR) is 94.9 cm³/mol. The Morgan fingerprint density at radius 1 is 1.08 bits per heavy atom. The highest BCUT2D eigenvalue weighted by atomic mass is 16.5. The normalized spacial score (nSPS) is 13.8. The molecule has 0 aromatic rings. The number of unbranched alkanes of at least 4 members (excludes halogenated alkanes) is 5. The number of carbonyl (C=O) groups excluding carboxylic acids is 3. The van der Waals surface area contributed by atoms with Gasteiger partial charge in [-0.3, -0.25) is 9.59 Å². The van der Waals surface area contributed by atoms with Crippen molar-refractivity contribution in [2.75, 3.05) is 26.3 Å². The van der Waals surface area contributed by atoms with Crippen LogP contribution in [0.25, 0.3) is 0 Å². The van der Waals surface area contributed by atoms with Crippen molar-refractivity contribution in [1.29, 1.82) is 0 Å². The first kappa shape index (κ1) is 21.2. The van der Waals surface area contributed by atoms with Crippen molar-refractivity contribution in [2.45, 2.75) is 64.7 Å². The summed E-state index contributed by atoms with van der Waals surface area (Å²) in [4.78, 5) is 36.6. The van der Waals surface area contributed by atoms with E-state index >= 15 is 0 Å². The van der Waals surface area contributed by atoms with Gasteiger partial charge in [0.25, 0.3) is 0 Å². The quantitative estimate of drug-likeness (QED) is 0.289. The van der Waals surface area contributed by atoms with E-state index in [1.165, 1.54) is 19.3 Å². The first-order valence-corrected chi connectivity index (χ1v) is 9.33. The molecular weight excluding hydrogens is 322 g/mol. The van der Waals surface area contributed by atoms with Crippen LogP contribution in [0.4, 0.5) is 0 Å². The number of likely N-dealkylation sites (tertiary alicyclic amines) is 1. The third-order valence-electron chi connectivity index (χ3n) is 4.17. The summed E-state index contributed by atoms with van der Waals surface area (Å²) in [5.74, 6) is -0.971. The molecule has 1 saturated heterocycles. The average molecular weight is 353 g/mol. The van der Waals surface area contributed by atoms with Crippen LogP contribution in [0.2, 0.25) is 0 Å². The molecule has 0 spiro atoms. The fraction of sp³-hybridized carbons (Fsp3) is 0.737. The minimum absolute atomic E-state index is 0.0840. The van der Waals surface area contributed by atoms with E-state index in [1.54, 1.807) is 4.90 Å². The molecule has 1 amide bonds. The Hall–Kier alpha value is -1.85. The lowest BCUT2D eigenvalue weighted by Gasteiger charge is -2.15. The lowest BCUT2D eigenvalue weighted by atomic mass is 10.1. The highest BCUT2D eigenvalue weighted by Gasteiger charge is 2.20. The van der Waals surface area contributed by atoms with Crippen molar-refractivity contribution in [3.05, 3.63) is 12.2 Å². The van der Waals surface area contributed by atoms with Crippen molar-refractivity contribution >= 4 is 17.8 Å². The summed E-state index contributed by atoms with van der Waals surface area (Å²) in [7, 11) is 0. The highest BCUT2D eigenvalue weighted by molar-refractivity contribution is 5.93. The van der Waals surface area contributed by atoms with Gasteiger partial charge in [0.2, 0.25) is 5.91 Å². The molecule has 0 aliphatic carbocycles. The maximum atomic E-state index is 11.8. The molecule has 142 valence electrons. The molecule has 1 rings (SSSR count). The van der Waals surface area contributed by atoms with Gasteiger partial charge in [0, 0.05) is 18.5 Å². The van der Waals surface area contributed by atoms with E-state index in [-0.39, 0.29) is 24.5 Å². The van der Waals surface area contributed by atoms with Crippen LogP contribution in [-0.2, 0) is 23.9 Å². The van der Waals surface area contributed by atoms with Gasteiger partial charge < -0.3 is 14.4 Å². The molecule has 1 aliphatic heterocycles. The zero-order valence-electron chi connectivity index (χ0n) is 15.4. The number of rotatable bonds is 13. The van der Waals surface area contributed by atoms with Crippen molar-refractivity contribution in [3.8, 4) is 0 Å². The fourth-order valence-corrected chi connectivity index (χ4v) is 2.66. The Kier molecular flexibility index (Phi) is 10.6. The van der Waals surface area contributed by atoms with E-state index < -0.39 is 11.9 Å². The van der Waals surface area contributed by atoms with E-state index in [1.807, 2.05) is 0 Å². The molecular formula is C19H31NO5. The first-order chi connectivity index (χ1) is 12.0. The smallest absolute Gasteiger partial charge is 0.334 e. The molecule has 6 nitrogen and oxygen atoms in total. The summed E-state index contributed by atoms with van der Waals surface area (Å²) in [5, 5.41) is 0. The summed E-state index contributed by atoms with van der Waals surface area (Å²) < 4.78 is 10.2. The summed E-state index contributed by atoms with van der Waals surface area (Å²) in [6.45, 7) is 7.35. The van der Waals surface area contributed by atoms with Gasteiger partial charge in [-0.1, -0.05) is 45.6 Å². The number of hydrogen-bond donors (Lipinski definition) is 0. The second-order valence-electron chi connectivity index (χ2n) is 6.39. The molecule has 0 bridgehead atoms. The van der Waals surface area contributed by atoms with Gasteiger partial charge in [-0.25, -0.2) is 4.79 Å². The number of esters is 2. The van der Waals surface area contributed by atoms with Gasteiger partial charge in [0.1, 0.15) is 6.61 Å². The molecule has 25 heavy (non-hydrogen) atoms. The zero-order valence-corrected chi connectivity index (χ0v) is 15.4.